The number of rotatable bonds is 5. The maximum atomic E-state index is 4.58. The van der Waals surface area contributed by atoms with Crippen LogP contribution in [0.15, 0.2) is 0 Å². The average Bonchev–Trinajstić information content (AvgIpc) is 2.60. The molecule has 2 rings (SSSR count). The topological polar surface area (TPSA) is 41.1 Å². The van der Waals surface area contributed by atoms with E-state index < -0.39 is 0 Å². The van der Waals surface area contributed by atoms with Crippen molar-refractivity contribution in [3.05, 3.63) is 5.82 Å². The number of anilines is 1. The third-order valence-corrected chi connectivity index (χ3v) is 3.51. The molecule has 0 unspecified atom stereocenters. The van der Waals surface area contributed by atoms with Gasteiger partial charge >= 0.3 is 0 Å². The predicted molar refractivity (Wildman–Crippen MR) is 63.6 cm³/mol. The summed E-state index contributed by atoms with van der Waals surface area (Å²) in [6.07, 6.45) is 2.12. The first-order valence-corrected chi connectivity index (χ1v) is 6.42. The van der Waals surface area contributed by atoms with E-state index in [2.05, 4.69) is 33.4 Å². The van der Waals surface area contributed by atoms with Crippen LogP contribution in [0.4, 0.5) is 5.13 Å². The van der Waals surface area contributed by atoms with Gasteiger partial charge in [-0.1, -0.05) is 6.92 Å². The Kier molecular flexibility index (Phi) is 3.53. The van der Waals surface area contributed by atoms with Gasteiger partial charge in [0.15, 0.2) is 0 Å². The molecule has 0 atom stereocenters. The highest BCUT2D eigenvalue weighted by molar-refractivity contribution is 7.09. The molecule has 1 saturated heterocycles. The van der Waals surface area contributed by atoms with Gasteiger partial charge in [-0.15, -0.1) is 0 Å². The first-order valence-electron chi connectivity index (χ1n) is 5.65. The molecule has 1 aromatic heterocycles. The molecule has 0 spiro atoms. The second-order valence-corrected chi connectivity index (χ2v) is 4.57. The van der Waals surface area contributed by atoms with E-state index in [0.29, 0.717) is 6.04 Å². The van der Waals surface area contributed by atoms with E-state index in [0.717, 1.165) is 43.4 Å². The summed E-state index contributed by atoms with van der Waals surface area (Å²) < 4.78 is 4.38. The molecule has 0 aromatic carbocycles. The molecular formula is C10H18N4S. The third-order valence-electron chi connectivity index (χ3n) is 2.72. The Morgan fingerprint density at radius 3 is 2.80 bits per heavy atom. The first kappa shape index (κ1) is 10.8. The molecule has 0 radical (unpaired) electrons. The van der Waals surface area contributed by atoms with Crippen LogP contribution in [0.5, 0.6) is 0 Å². The van der Waals surface area contributed by atoms with Gasteiger partial charge in [-0.3, -0.25) is 0 Å². The highest BCUT2D eigenvalue weighted by Crippen LogP contribution is 2.21. The predicted octanol–water partition coefficient (Wildman–Crippen LogP) is 1.29. The number of aromatic nitrogens is 2. The highest BCUT2D eigenvalue weighted by atomic mass is 32.1. The van der Waals surface area contributed by atoms with Crippen LogP contribution in [0, 0.1) is 0 Å². The smallest absolute Gasteiger partial charge is 0.205 e. The van der Waals surface area contributed by atoms with Crippen LogP contribution in [-0.2, 0) is 6.42 Å². The summed E-state index contributed by atoms with van der Waals surface area (Å²) in [6, 6.07) is 0.623. The fourth-order valence-corrected chi connectivity index (χ4v) is 2.58. The Balaban J connectivity index is 2.04. The van der Waals surface area contributed by atoms with Gasteiger partial charge in [0.05, 0.1) is 6.04 Å². The molecule has 1 aliphatic rings. The summed E-state index contributed by atoms with van der Waals surface area (Å²) in [5.74, 6) is 1.00. The van der Waals surface area contributed by atoms with E-state index in [1.807, 2.05) is 0 Å². The van der Waals surface area contributed by atoms with Gasteiger partial charge in [0.1, 0.15) is 5.82 Å². The van der Waals surface area contributed by atoms with Gasteiger partial charge < -0.3 is 10.2 Å². The second-order valence-electron chi connectivity index (χ2n) is 3.84. The van der Waals surface area contributed by atoms with Crippen LogP contribution >= 0.6 is 11.5 Å². The third kappa shape index (κ3) is 2.29. The van der Waals surface area contributed by atoms with Gasteiger partial charge in [-0.25, -0.2) is 4.98 Å². The number of hydrogen-bond acceptors (Lipinski definition) is 5. The van der Waals surface area contributed by atoms with Crippen LogP contribution in [0.1, 0.15) is 26.1 Å². The molecule has 0 aliphatic carbocycles. The van der Waals surface area contributed by atoms with Crippen LogP contribution in [0.25, 0.3) is 0 Å². The van der Waals surface area contributed by atoms with E-state index in [4.69, 9.17) is 0 Å². The van der Waals surface area contributed by atoms with E-state index in [1.165, 1.54) is 11.5 Å². The van der Waals surface area contributed by atoms with E-state index in [9.17, 15) is 0 Å². The van der Waals surface area contributed by atoms with Gasteiger partial charge in [-0.2, -0.15) is 4.37 Å². The molecule has 1 aromatic rings. The standard InChI is InChI=1S/C10H18N4S/c1-3-5-9-12-10(15-13-9)14(4-2)8-6-11-7-8/h8,11H,3-7H2,1-2H3. The van der Waals surface area contributed by atoms with Crippen molar-refractivity contribution in [2.75, 3.05) is 24.5 Å². The van der Waals surface area contributed by atoms with Crippen molar-refractivity contribution in [1.82, 2.24) is 14.7 Å². The van der Waals surface area contributed by atoms with Gasteiger partial charge in [0.25, 0.3) is 0 Å². The van der Waals surface area contributed by atoms with Crippen LogP contribution in [-0.4, -0.2) is 35.0 Å². The fourth-order valence-electron chi connectivity index (χ4n) is 1.73. The minimum Gasteiger partial charge on any atom is -0.342 e. The Labute approximate surface area is 94.9 Å². The number of likely N-dealkylation sites (N-methyl/N-ethyl adjacent to an activating group) is 1. The fraction of sp³-hybridized carbons (Fsp3) is 0.800. The lowest BCUT2D eigenvalue weighted by molar-refractivity contribution is 0.417. The zero-order valence-electron chi connectivity index (χ0n) is 9.36. The molecule has 15 heavy (non-hydrogen) atoms. The van der Waals surface area contributed by atoms with E-state index >= 15 is 0 Å². The molecule has 1 fully saturated rings. The van der Waals surface area contributed by atoms with Crippen LogP contribution in [0.3, 0.4) is 0 Å². The molecule has 0 amide bonds. The van der Waals surface area contributed by atoms with Crippen molar-refractivity contribution in [3.63, 3.8) is 0 Å². The van der Waals surface area contributed by atoms with Crippen LogP contribution in [0.2, 0.25) is 0 Å². The lowest BCUT2D eigenvalue weighted by atomic mass is 10.1. The SMILES string of the molecule is CCCc1nsc(N(CC)C2CNC2)n1. The second kappa shape index (κ2) is 4.90. The maximum absolute atomic E-state index is 4.58. The molecule has 0 saturated carbocycles. The molecule has 1 N–H and O–H groups in total. The monoisotopic (exact) mass is 226 g/mol. The summed E-state index contributed by atoms with van der Waals surface area (Å²) >= 11 is 1.54. The van der Waals surface area contributed by atoms with Gasteiger partial charge in [0, 0.05) is 37.6 Å². The molecule has 2 heterocycles. The Morgan fingerprint density at radius 2 is 2.27 bits per heavy atom. The van der Waals surface area contributed by atoms with Gasteiger partial charge in [-0.05, 0) is 13.3 Å². The van der Waals surface area contributed by atoms with Crippen molar-refractivity contribution in [3.8, 4) is 0 Å². The molecule has 5 heteroatoms. The molecular weight excluding hydrogens is 208 g/mol. The van der Waals surface area contributed by atoms with Gasteiger partial charge in [0.2, 0.25) is 5.13 Å². The Morgan fingerprint density at radius 1 is 1.47 bits per heavy atom. The minimum atomic E-state index is 0.623. The molecule has 84 valence electrons. The largest absolute Gasteiger partial charge is 0.342 e. The van der Waals surface area contributed by atoms with Crippen molar-refractivity contribution in [1.29, 1.82) is 0 Å². The summed E-state index contributed by atoms with van der Waals surface area (Å²) in [5, 5.41) is 4.38. The summed E-state index contributed by atoms with van der Waals surface area (Å²) in [4.78, 5) is 6.93. The summed E-state index contributed by atoms with van der Waals surface area (Å²) in [6.45, 7) is 7.52. The summed E-state index contributed by atoms with van der Waals surface area (Å²) in [7, 11) is 0. The van der Waals surface area contributed by atoms with Crippen LogP contribution < -0.4 is 10.2 Å². The van der Waals surface area contributed by atoms with Crippen molar-refractivity contribution in [2.24, 2.45) is 0 Å². The summed E-state index contributed by atoms with van der Waals surface area (Å²) in [5.41, 5.74) is 0. The highest BCUT2D eigenvalue weighted by Gasteiger charge is 2.25. The number of hydrogen-bond donors (Lipinski definition) is 1. The molecule has 1 aliphatic heterocycles. The molecule has 4 nitrogen and oxygen atoms in total. The average molecular weight is 226 g/mol. The molecule has 0 bridgehead atoms. The quantitative estimate of drug-likeness (QED) is 0.821. The van der Waals surface area contributed by atoms with Crippen molar-refractivity contribution in [2.45, 2.75) is 32.7 Å². The lowest BCUT2D eigenvalue weighted by Crippen LogP contribution is -2.57. The minimum absolute atomic E-state index is 0.623. The Bertz CT molecular complexity index is 308. The van der Waals surface area contributed by atoms with Crippen molar-refractivity contribution < 1.29 is 0 Å². The van der Waals surface area contributed by atoms with E-state index in [1.54, 1.807) is 0 Å². The van der Waals surface area contributed by atoms with Crippen molar-refractivity contribution >= 4 is 16.7 Å². The zero-order chi connectivity index (χ0) is 10.7. The zero-order valence-corrected chi connectivity index (χ0v) is 10.2. The lowest BCUT2D eigenvalue weighted by Gasteiger charge is -2.37. The first-order chi connectivity index (χ1) is 7.35. The normalized spacial score (nSPS) is 16.4. The number of nitrogens with one attached hydrogen (secondary N) is 1. The maximum Gasteiger partial charge on any atom is 0.205 e. The number of nitrogens with zero attached hydrogens (tertiary/aromatic N) is 3. The van der Waals surface area contributed by atoms with E-state index in [-0.39, 0.29) is 0 Å². The Hall–Kier alpha value is -0.680. The number of aryl methyl sites for hydroxylation is 1.